The average molecular weight is 186 g/mol. The molecule has 0 spiro atoms. The summed E-state index contributed by atoms with van der Waals surface area (Å²) in [5, 5.41) is 11.0. The van der Waals surface area contributed by atoms with Crippen LogP contribution in [0.2, 0.25) is 0 Å². The van der Waals surface area contributed by atoms with E-state index in [1.165, 1.54) is 0 Å². The Morgan fingerprint density at radius 3 is 2.64 bits per heavy atom. The van der Waals surface area contributed by atoms with E-state index in [1.807, 2.05) is 31.2 Å². The minimum absolute atomic E-state index is 0.348. The van der Waals surface area contributed by atoms with Crippen molar-refractivity contribution in [2.45, 2.75) is 6.92 Å². The van der Waals surface area contributed by atoms with Gasteiger partial charge in [-0.15, -0.1) is 0 Å². The monoisotopic (exact) mass is 186 g/mol. The van der Waals surface area contributed by atoms with Gasteiger partial charge in [-0.2, -0.15) is 0 Å². The van der Waals surface area contributed by atoms with Crippen molar-refractivity contribution < 1.29 is 9.90 Å². The molecular formula is C12H10O2. The molecule has 0 saturated carbocycles. The number of hydrogen-bond acceptors (Lipinski definition) is 1. The summed E-state index contributed by atoms with van der Waals surface area (Å²) in [5.41, 5.74) is 1.35. The van der Waals surface area contributed by atoms with E-state index in [1.54, 1.807) is 12.1 Å². The van der Waals surface area contributed by atoms with Crippen LogP contribution in [0.15, 0.2) is 36.4 Å². The molecule has 0 radical (unpaired) electrons. The third-order valence-electron chi connectivity index (χ3n) is 2.32. The van der Waals surface area contributed by atoms with Crippen LogP contribution in [0.5, 0.6) is 0 Å². The van der Waals surface area contributed by atoms with E-state index in [9.17, 15) is 4.79 Å². The Hall–Kier alpha value is -1.83. The third kappa shape index (κ3) is 1.35. The molecule has 0 aromatic heterocycles. The molecule has 0 fully saturated rings. The van der Waals surface area contributed by atoms with E-state index < -0.39 is 5.97 Å². The Morgan fingerprint density at radius 2 is 1.93 bits per heavy atom. The second-order valence-corrected chi connectivity index (χ2v) is 3.32. The molecule has 0 aliphatic heterocycles. The number of hydrogen-bond donors (Lipinski definition) is 1. The predicted octanol–water partition coefficient (Wildman–Crippen LogP) is 2.85. The first-order valence-electron chi connectivity index (χ1n) is 4.41. The zero-order valence-corrected chi connectivity index (χ0v) is 7.82. The van der Waals surface area contributed by atoms with E-state index >= 15 is 0 Å². The second kappa shape index (κ2) is 3.14. The summed E-state index contributed by atoms with van der Waals surface area (Å²) in [6.07, 6.45) is 0. The fraction of sp³-hybridized carbons (Fsp3) is 0.0833. The standard InChI is InChI=1S/C12H10O2/c1-8-6-10(12(13)14)7-9-4-2-3-5-11(8)9/h2-7H,1H3,(H,13,14). The van der Waals surface area contributed by atoms with Crippen LogP contribution in [0.4, 0.5) is 0 Å². The van der Waals surface area contributed by atoms with Crippen molar-refractivity contribution >= 4 is 16.7 Å². The van der Waals surface area contributed by atoms with E-state index in [-0.39, 0.29) is 0 Å². The van der Waals surface area contributed by atoms with E-state index in [0.717, 1.165) is 16.3 Å². The number of carbonyl (C=O) groups is 1. The smallest absolute Gasteiger partial charge is 0.335 e. The predicted molar refractivity (Wildman–Crippen MR) is 55.6 cm³/mol. The van der Waals surface area contributed by atoms with E-state index in [0.29, 0.717) is 5.56 Å². The number of carboxylic acid groups (broad SMARTS) is 1. The molecule has 14 heavy (non-hydrogen) atoms. The number of aromatic carboxylic acids is 1. The lowest BCUT2D eigenvalue weighted by atomic mass is 10.0. The highest BCUT2D eigenvalue weighted by molar-refractivity contribution is 5.95. The fourth-order valence-electron chi connectivity index (χ4n) is 1.63. The summed E-state index contributed by atoms with van der Waals surface area (Å²) in [7, 11) is 0. The van der Waals surface area contributed by atoms with Gasteiger partial charge in [0.2, 0.25) is 0 Å². The Balaban J connectivity index is 2.78. The summed E-state index contributed by atoms with van der Waals surface area (Å²) in [5.74, 6) is -0.876. The van der Waals surface area contributed by atoms with Gasteiger partial charge in [-0.25, -0.2) is 4.79 Å². The second-order valence-electron chi connectivity index (χ2n) is 3.32. The van der Waals surface area contributed by atoms with E-state index in [4.69, 9.17) is 5.11 Å². The van der Waals surface area contributed by atoms with Crippen LogP contribution in [-0.4, -0.2) is 11.1 Å². The van der Waals surface area contributed by atoms with Gasteiger partial charge >= 0.3 is 5.97 Å². The first-order chi connectivity index (χ1) is 6.68. The topological polar surface area (TPSA) is 37.3 Å². The highest BCUT2D eigenvalue weighted by atomic mass is 16.4. The number of rotatable bonds is 1. The molecule has 0 heterocycles. The van der Waals surface area contributed by atoms with Gasteiger partial charge in [-0.05, 0) is 35.4 Å². The lowest BCUT2D eigenvalue weighted by Gasteiger charge is -2.03. The largest absolute Gasteiger partial charge is 0.478 e. The van der Waals surface area contributed by atoms with Gasteiger partial charge < -0.3 is 5.11 Å². The molecule has 0 atom stereocenters. The van der Waals surface area contributed by atoms with Crippen molar-refractivity contribution in [2.75, 3.05) is 0 Å². The van der Waals surface area contributed by atoms with Gasteiger partial charge in [-0.1, -0.05) is 24.3 Å². The molecule has 70 valence electrons. The summed E-state index contributed by atoms with van der Waals surface area (Å²) >= 11 is 0. The molecule has 0 aliphatic carbocycles. The van der Waals surface area contributed by atoms with Crippen molar-refractivity contribution in [3.8, 4) is 0 Å². The fourth-order valence-corrected chi connectivity index (χ4v) is 1.63. The van der Waals surface area contributed by atoms with Crippen LogP contribution in [0, 0.1) is 6.92 Å². The highest BCUT2D eigenvalue weighted by Crippen LogP contribution is 2.20. The molecular weight excluding hydrogens is 176 g/mol. The zero-order valence-electron chi connectivity index (χ0n) is 7.82. The molecule has 0 bridgehead atoms. The van der Waals surface area contributed by atoms with Crippen molar-refractivity contribution in [1.82, 2.24) is 0 Å². The van der Waals surface area contributed by atoms with Crippen molar-refractivity contribution in [2.24, 2.45) is 0 Å². The number of benzene rings is 2. The molecule has 2 nitrogen and oxygen atoms in total. The first-order valence-corrected chi connectivity index (χ1v) is 4.41. The molecule has 2 aromatic rings. The molecule has 2 aromatic carbocycles. The van der Waals surface area contributed by atoms with Gasteiger partial charge in [0.1, 0.15) is 0 Å². The van der Waals surface area contributed by atoms with Gasteiger partial charge in [0, 0.05) is 0 Å². The highest BCUT2D eigenvalue weighted by Gasteiger charge is 2.05. The average Bonchev–Trinajstić information content (AvgIpc) is 2.17. The van der Waals surface area contributed by atoms with Crippen molar-refractivity contribution in [1.29, 1.82) is 0 Å². The zero-order chi connectivity index (χ0) is 10.1. The third-order valence-corrected chi connectivity index (χ3v) is 2.32. The van der Waals surface area contributed by atoms with Crippen LogP contribution >= 0.6 is 0 Å². The van der Waals surface area contributed by atoms with Gasteiger partial charge in [0.25, 0.3) is 0 Å². The Labute approximate surface area is 81.8 Å². The quantitative estimate of drug-likeness (QED) is 0.743. The normalized spacial score (nSPS) is 10.4. The van der Waals surface area contributed by atoms with Gasteiger partial charge in [0.15, 0.2) is 0 Å². The minimum atomic E-state index is -0.876. The maximum atomic E-state index is 10.8. The summed E-state index contributed by atoms with van der Waals surface area (Å²) in [4.78, 5) is 10.8. The van der Waals surface area contributed by atoms with Gasteiger partial charge in [-0.3, -0.25) is 0 Å². The van der Waals surface area contributed by atoms with E-state index in [2.05, 4.69) is 0 Å². The maximum absolute atomic E-state index is 10.8. The summed E-state index contributed by atoms with van der Waals surface area (Å²) in [6.45, 7) is 1.93. The van der Waals surface area contributed by atoms with Crippen LogP contribution in [-0.2, 0) is 0 Å². The molecule has 0 saturated heterocycles. The van der Waals surface area contributed by atoms with Gasteiger partial charge in [0.05, 0.1) is 5.56 Å². The summed E-state index contributed by atoms with van der Waals surface area (Å²) in [6, 6.07) is 11.2. The van der Waals surface area contributed by atoms with Crippen LogP contribution in [0.25, 0.3) is 10.8 Å². The molecule has 2 heteroatoms. The number of aryl methyl sites for hydroxylation is 1. The Kier molecular flexibility index (Phi) is 1.97. The van der Waals surface area contributed by atoms with Crippen LogP contribution in [0.1, 0.15) is 15.9 Å². The Bertz CT molecular complexity index is 501. The van der Waals surface area contributed by atoms with Crippen LogP contribution < -0.4 is 0 Å². The van der Waals surface area contributed by atoms with Crippen molar-refractivity contribution in [3.05, 3.63) is 47.5 Å². The summed E-state index contributed by atoms with van der Waals surface area (Å²) < 4.78 is 0. The number of fused-ring (bicyclic) bond motifs is 1. The lowest BCUT2D eigenvalue weighted by molar-refractivity contribution is 0.0697. The Morgan fingerprint density at radius 1 is 1.21 bits per heavy atom. The minimum Gasteiger partial charge on any atom is -0.478 e. The molecule has 0 amide bonds. The van der Waals surface area contributed by atoms with Crippen molar-refractivity contribution in [3.63, 3.8) is 0 Å². The molecule has 0 aliphatic rings. The first kappa shape index (κ1) is 8.75. The number of carboxylic acids is 1. The molecule has 0 unspecified atom stereocenters. The molecule has 2 rings (SSSR count). The lowest BCUT2D eigenvalue weighted by Crippen LogP contribution is -1.96. The maximum Gasteiger partial charge on any atom is 0.335 e. The molecule has 1 N–H and O–H groups in total. The van der Waals surface area contributed by atoms with Crippen LogP contribution in [0.3, 0.4) is 0 Å². The SMILES string of the molecule is Cc1cc(C(=O)O)cc2ccccc12.